The summed E-state index contributed by atoms with van der Waals surface area (Å²) >= 11 is 6.05. The van der Waals surface area contributed by atoms with Gasteiger partial charge in [-0.05, 0) is 36.1 Å². The van der Waals surface area contributed by atoms with E-state index in [1.165, 1.54) is 12.8 Å². The Morgan fingerprint density at radius 3 is 2.83 bits per heavy atom. The lowest BCUT2D eigenvalue weighted by Crippen LogP contribution is -2.20. The van der Waals surface area contributed by atoms with Gasteiger partial charge in [0.05, 0.1) is 5.92 Å². The monoisotopic (exact) mass is 265 g/mol. The molecule has 1 N–H and O–H groups in total. The average molecular weight is 266 g/mol. The van der Waals surface area contributed by atoms with Gasteiger partial charge >= 0.3 is 0 Å². The lowest BCUT2D eigenvalue weighted by atomic mass is 9.82. The molecule has 0 saturated carbocycles. The smallest absolute Gasteiger partial charge is 0.232 e. The molecule has 0 aromatic heterocycles. The summed E-state index contributed by atoms with van der Waals surface area (Å²) in [6.45, 7) is 4.35. The van der Waals surface area contributed by atoms with Crippen molar-refractivity contribution in [2.45, 2.75) is 45.4 Å². The number of unbranched alkanes of at least 4 members (excludes halogenated alkanes) is 1. The predicted octanol–water partition coefficient (Wildman–Crippen LogP) is 4.59. The first-order valence-electron chi connectivity index (χ1n) is 6.77. The SMILES string of the molecule is CCCCC(CC)C1C(=O)Nc2ccc(Cl)cc21. The molecule has 98 valence electrons. The molecule has 0 bridgehead atoms. The van der Waals surface area contributed by atoms with E-state index in [0.717, 1.165) is 24.1 Å². The summed E-state index contributed by atoms with van der Waals surface area (Å²) in [5, 5.41) is 3.68. The van der Waals surface area contributed by atoms with Gasteiger partial charge in [0.2, 0.25) is 5.91 Å². The molecular formula is C15H20ClNO. The molecule has 1 amide bonds. The van der Waals surface area contributed by atoms with Crippen LogP contribution in [0.1, 0.15) is 51.0 Å². The fraction of sp³-hybridized carbons (Fsp3) is 0.533. The zero-order valence-corrected chi connectivity index (χ0v) is 11.8. The molecule has 2 atom stereocenters. The van der Waals surface area contributed by atoms with Crippen LogP contribution in [0.3, 0.4) is 0 Å². The molecule has 18 heavy (non-hydrogen) atoms. The Morgan fingerprint density at radius 2 is 2.17 bits per heavy atom. The van der Waals surface area contributed by atoms with Gasteiger partial charge in [0.25, 0.3) is 0 Å². The molecule has 2 nitrogen and oxygen atoms in total. The van der Waals surface area contributed by atoms with Crippen molar-refractivity contribution in [1.29, 1.82) is 0 Å². The second kappa shape index (κ2) is 5.75. The maximum Gasteiger partial charge on any atom is 0.232 e. The Labute approximate surface area is 114 Å². The maximum absolute atomic E-state index is 12.2. The van der Waals surface area contributed by atoms with Crippen LogP contribution in [0, 0.1) is 5.92 Å². The number of amides is 1. The van der Waals surface area contributed by atoms with E-state index in [1.807, 2.05) is 18.2 Å². The molecule has 0 aliphatic carbocycles. The molecule has 2 rings (SSSR count). The predicted molar refractivity (Wildman–Crippen MR) is 76.1 cm³/mol. The number of hydrogen-bond acceptors (Lipinski definition) is 1. The fourth-order valence-electron chi connectivity index (χ4n) is 2.80. The van der Waals surface area contributed by atoms with Crippen LogP contribution in [0.2, 0.25) is 5.02 Å². The summed E-state index contributed by atoms with van der Waals surface area (Å²) < 4.78 is 0. The van der Waals surface area contributed by atoms with E-state index >= 15 is 0 Å². The second-order valence-corrected chi connectivity index (χ2v) is 5.45. The number of carbonyl (C=O) groups excluding carboxylic acids is 1. The molecule has 1 aromatic carbocycles. The van der Waals surface area contributed by atoms with Crippen molar-refractivity contribution in [3.63, 3.8) is 0 Å². The van der Waals surface area contributed by atoms with Gasteiger partial charge in [-0.15, -0.1) is 0 Å². The number of anilines is 1. The Kier molecular flexibility index (Phi) is 4.28. The van der Waals surface area contributed by atoms with Crippen LogP contribution < -0.4 is 5.32 Å². The average Bonchev–Trinajstić information content (AvgIpc) is 2.67. The summed E-state index contributed by atoms with van der Waals surface area (Å²) in [7, 11) is 0. The third-order valence-electron chi connectivity index (χ3n) is 3.81. The van der Waals surface area contributed by atoms with Gasteiger partial charge in [0.15, 0.2) is 0 Å². The van der Waals surface area contributed by atoms with Crippen LogP contribution in [-0.4, -0.2) is 5.91 Å². The highest BCUT2D eigenvalue weighted by Crippen LogP contribution is 2.41. The van der Waals surface area contributed by atoms with Crippen molar-refractivity contribution >= 4 is 23.2 Å². The van der Waals surface area contributed by atoms with E-state index in [-0.39, 0.29) is 11.8 Å². The number of benzene rings is 1. The van der Waals surface area contributed by atoms with Crippen LogP contribution in [0.25, 0.3) is 0 Å². The lowest BCUT2D eigenvalue weighted by molar-refractivity contribution is -0.118. The van der Waals surface area contributed by atoms with E-state index in [9.17, 15) is 4.79 Å². The summed E-state index contributed by atoms with van der Waals surface area (Å²) in [4.78, 5) is 12.2. The molecule has 2 unspecified atom stereocenters. The Hall–Kier alpha value is -1.02. The molecule has 1 aromatic rings. The normalized spacial score (nSPS) is 19.5. The molecule has 3 heteroatoms. The van der Waals surface area contributed by atoms with Crippen LogP contribution >= 0.6 is 11.6 Å². The standard InChI is InChI=1S/C15H20ClNO/c1-3-5-6-10(4-2)14-12-9-11(16)7-8-13(12)17-15(14)18/h7-10,14H,3-6H2,1-2H3,(H,17,18). The molecule has 0 spiro atoms. The highest BCUT2D eigenvalue weighted by molar-refractivity contribution is 6.31. The minimum absolute atomic E-state index is 0.0183. The van der Waals surface area contributed by atoms with Crippen molar-refractivity contribution in [3.05, 3.63) is 28.8 Å². The summed E-state index contributed by atoms with van der Waals surface area (Å²) in [6, 6.07) is 5.67. The number of rotatable bonds is 5. The number of nitrogens with one attached hydrogen (secondary N) is 1. The van der Waals surface area contributed by atoms with Gasteiger partial charge in [-0.25, -0.2) is 0 Å². The summed E-state index contributed by atoms with van der Waals surface area (Å²) in [5.41, 5.74) is 2.01. The highest BCUT2D eigenvalue weighted by Gasteiger charge is 2.35. The Morgan fingerprint density at radius 1 is 1.39 bits per heavy atom. The van der Waals surface area contributed by atoms with Gasteiger partial charge in [-0.2, -0.15) is 0 Å². The first kappa shape index (κ1) is 13.4. The first-order chi connectivity index (χ1) is 8.67. The van der Waals surface area contributed by atoms with Crippen LogP contribution in [-0.2, 0) is 4.79 Å². The molecular weight excluding hydrogens is 246 g/mol. The van der Waals surface area contributed by atoms with E-state index in [2.05, 4.69) is 19.2 Å². The Bertz CT molecular complexity index is 444. The number of halogens is 1. The van der Waals surface area contributed by atoms with Crippen molar-refractivity contribution in [3.8, 4) is 0 Å². The highest BCUT2D eigenvalue weighted by atomic mass is 35.5. The molecule has 1 heterocycles. The number of hydrogen-bond donors (Lipinski definition) is 1. The number of fused-ring (bicyclic) bond motifs is 1. The molecule has 0 radical (unpaired) electrons. The largest absolute Gasteiger partial charge is 0.325 e. The Balaban J connectivity index is 2.27. The van der Waals surface area contributed by atoms with Gasteiger partial charge in [-0.3, -0.25) is 4.79 Å². The summed E-state index contributed by atoms with van der Waals surface area (Å²) in [6.07, 6.45) is 4.49. The van der Waals surface area contributed by atoms with Crippen molar-refractivity contribution < 1.29 is 4.79 Å². The summed E-state index contributed by atoms with van der Waals surface area (Å²) in [5.74, 6) is 0.537. The van der Waals surface area contributed by atoms with Gasteiger partial charge < -0.3 is 5.32 Å². The van der Waals surface area contributed by atoms with Crippen molar-refractivity contribution in [2.75, 3.05) is 5.32 Å². The van der Waals surface area contributed by atoms with Gasteiger partial charge in [0, 0.05) is 10.7 Å². The minimum Gasteiger partial charge on any atom is -0.325 e. The van der Waals surface area contributed by atoms with Gasteiger partial charge in [-0.1, -0.05) is 44.7 Å². The van der Waals surface area contributed by atoms with E-state index in [1.54, 1.807) is 0 Å². The van der Waals surface area contributed by atoms with Crippen LogP contribution in [0.5, 0.6) is 0 Å². The topological polar surface area (TPSA) is 29.1 Å². The van der Waals surface area contributed by atoms with Crippen molar-refractivity contribution in [2.24, 2.45) is 5.92 Å². The van der Waals surface area contributed by atoms with Crippen molar-refractivity contribution in [1.82, 2.24) is 0 Å². The first-order valence-corrected chi connectivity index (χ1v) is 7.15. The lowest BCUT2D eigenvalue weighted by Gasteiger charge is -2.20. The van der Waals surface area contributed by atoms with Crippen LogP contribution in [0.15, 0.2) is 18.2 Å². The van der Waals surface area contributed by atoms with Gasteiger partial charge in [0.1, 0.15) is 0 Å². The van der Waals surface area contributed by atoms with E-state index in [0.29, 0.717) is 10.9 Å². The quantitative estimate of drug-likeness (QED) is 0.829. The van der Waals surface area contributed by atoms with E-state index in [4.69, 9.17) is 11.6 Å². The molecule has 1 aliphatic heterocycles. The fourth-order valence-corrected chi connectivity index (χ4v) is 2.98. The zero-order chi connectivity index (χ0) is 13.1. The second-order valence-electron chi connectivity index (χ2n) is 5.01. The van der Waals surface area contributed by atoms with E-state index < -0.39 is 0 Å². The zero-order valence-electron chi connectivity index (χ0n) is 11.0. The third-order valence-corrected chi connectivity index (χ3v) is 4.05. The number of carbonyl (C=O) groups is 1. The molecule has 0 fully saturated rings. The third kappa shape index (κ3) is 2.54. The molecule has 1 aliphatic rings. The molecule has 0 saturated heterocycles. The maximum atomic E-state index is 12.2. The minimum atomic E-state index is -0.0183. The van der Waals surface area contributed by atoms with Crippen LogP contribution in [0.4, 0.5) is 5.69 Å².